The minimum absolute atomic E-state index is 0.0381. The van der Waals surface area contributed by atoms with Gasteiger partial charge in [-0.2, -0.15) is 0 Å². The summed E-state index contributed by atoms with van der Waals surface area (Å²) in [6.07, 6.45) is -35.9. The SMILES string of the molecule is COC[C@H]1O[C@@H]2O[C@H]3[C@H](OC)[C@@H](OC)[C@@H](O[C@H]4[C@H](OC)[C@@H](OC)[C@@H](O[C@H]5[C@H](OC)[C@@H](OC)[C@@H](O[C@H]6[C@H](OC)[C@@H](OC)[C@@H](O[C@H]7[C@H](OC)[C@@H](OC)[C@@H](O[C@H]8[C@H](OC)[C@@H](OC)[C@@H](O[C@H]1[C@H](OC)[C@@H]2OC)O[C@@H]8COC)O[C@@H]7COC)O[C@@H]6COC)O[C@@H]5COC)O[C@@H]4COC)O[C@@H]3COC. The first-order chi connectivity index (χ1) is 47.7. The Morgan fingerprint density at radius 3 is 0.327 bits per heavy atom. The second kappa shape index (κ2) is 40.4. The molecule has 0 aromatic carbocycles. The lowest BCUT2D eigenvalue weighted by Crippen LogP contribution is -2.69. The van der Waals surface area contributed by atoms with E-state index in [9.17, 15) is 0 Å². The molecule has 0 radical (unpaired) electrons. The fourth-order valence-electron chi connectivity index (χ4n) is 14.9. The lowest BCUT2D eigenvalue weighted by Gasteiger charge is -2.52. The number of hydrogen-bond acceptors (Lipinski definition) is 35. The van der Waals surface area contributed by atoms with Crippen molar-refractivity contribution in [3.63, 3.8) is 0 Å². The smallest absolute Gasteiger partial charge is 0.187 e. The summed E-state index contributed by atoms with van der Waals surface area (Å²) in [5.74, 6) is 0. The minimum atomic E-state index is -1.22. The molecule has 0 aromatic rings. The molecule has 21 aliphatic rings. The van der Waals surface area contributed by atoms with Crippen LogP contribution < -0.4 is 0 Å². The van der Waals surface area contributed by atoms with Gasteiger partial charge in [-0.3, -0.25) is 0 Å². The van der Waals surface area contributed by atoms with E-state index in [-0.39, 0.29) is 46.2 Å². The summed E-state index contributed by atoms with van der Waals surface area (Å²) in [6.45, 7) is -0.267. The molecule has 21 fully saturated rings. The summed E-state index contributed by atoms with van der Waals surface area (Å²) in [5.41, 5.74) is 0. The predicted molar refractivity (Wildman–Crippen MR) is 329 cm³/mol. The van der Waals surface area contributed by atoms with Crippen LogP contribution in [-0.2, 0) is 166 Å². The summed E-state index contributed by atoms with van der Waals surface area (Å²) < 4.78 is 226. The summed E-state index contributed by atoms with van der Waals surface area (Å²) in [4.78, 5) is 0. The van der Waals surface area contributed by atoms with Gasteiger partial charge in [0.1, 0.15) is 171 Å². The highest BCUT2D eigenvalue weighted by molar-refractivity contribution is 5.04. The van der Waals surface area contributed by atoms with E-state index in [0.29, 0.717) is 0 Å². The molecular weight excluding hydrogens is 1320 g/mol. The van der Waals surface area contributed by atoms with Gasteiger partial charge in [-0.05, 0) is 0 Å². The van der Waals surface area contributed by atoms with Crippen LogP contribution in [-0.4, -0.2) is 410 Å². The first kappa shape index (κ1) is 82.3. The second-order valence-electron chi connectivity index (χ2n) is 24.5. The molecule has 21 aliphatic heterocycles. The van der Waals surface area contributed by atoms with E-state index in [2.05, 4.69) is 0 Å². The van der Waals surface area contributed by atoms with Gasteiger partial charge < -0.3 is 166 Å². The second-order valence-corrected chi connectivity index (χ2v) is 24.5. The van der Waals surface area contributed by atoms with Gasteiger partial charge in [0.25, 0.3) is 0 Å². The maximum absolute atomic E-state index is 7.03. The number of hydrogen-bond donors (Lipinski definition) is 0. The van der Waals surface area contributed by atoms with Crippen LogP contribution in [0.5, 0.6) is 0 Å². The first-order valence-corrected chi connectivity index (χ1v) is 32.7. The first-order valence-electron chi connectivity index (χ1n) is 32.7. The van der Waals surface area contributed by atoms with Gasteiger partial charge in [-0.1, -0.05) is 0 Å². The zero-order chi connectivity index (χ0) is 70.9. The maximum Gasteiger partial charge on any atom is 0.187 e. The minimum Gasteiger partial charge on any atom is -0.382 e. The van der Waals surface area contributed by atoms with Gasteiger partial charge >= 0.3 is 0 Å². The standard InChI is InChI=1S/C63H112O35/c1-64-22-29-36-43(71-8)50(78-15)57(85-29)93-37-30(23-65-2)87-59(52(80-17)44(37)72-9)95-39-32(25-67-4)89-61(54(82-19)46(39)74-11)97-41-34(27-69-6)91-63(56(84-21)48(41)76-13)98-42-35(28-70-7)90-62(55(83-20)49(42)77-14)96-40-33(26-68-5)88-60(53(81-18)47(40)75-12)94-38-31(24-66-3)86-58(92-36)51(79-16)45(38)73-10/h29-63H,22-28H2,1-21H3/t29-,30-,31-,32-,33-,34-,35-,36-,37-,38-,39-,40-,41-,42-,43+,44+,45+,46+,47+,48+,49+,50-,51-,52-,53-,54-,55-,56+,57-,58-,59-,60-,61-,62-,63-/m1/s1. The van der Waals surface area contributed by atoms with Crippen LogP contribution in [0.4, 0.5) is 0 Å². The lowest BCUT2D eigenvalue weighted by atomic mass is 9.94. The largest absolute Gasteiger partial charge is 0.382 e. The molecular formula is C63H112O35. The van der Waals surface area contributed by atoms with Crippen LogP contribution in [0.2, 0.25) is 0 Å². The van der Waals surface area contributed by atoms with Crippen LogP contribution >= 0.6 is 0 Å². The van der Waals surface area contributed by atoms with Crippen LogP contribution in [0.1, 0.15) is 0 Å². The third kappa shape index (κ3) is 17.8. The van der Waals surface area contributed by atoms with Crippen molar-refractivity contribution < 1.29 is 166 Å². The molecule has 35 atom stereocenters. The van der Waals surface area contributed by atoms with Crippen molar-refractivity contribution in [2.75, 3.05) is 196 Å². The highest BCUT2D eigenvalue weighted by Gasteiger charge is 2.62. The quantitative estimate of drug-likeness (QED) is 0.0861. The van der Waals surface area contributed by atoms with Gasteiger partial charge in [-0.25, -0.2) is 0 Å². The van der Waals surface area contributed by atoms with E-state index >= 15 is 0 Å². The van der Waals surface area contributed by atoms with Crippen LogP contribution in [0, 0.1) is 0 Å². The van der Waals surface area contributed by atoms with Crippen molar-refractivity contribution in [3.05, 3.63) is 0 Å². The number of rotatable bonds is 28. The molecule has 0 spiro atoms. The Bertz CT molecular complexity index is 1800. The van der Waals surface area contributed by atoms with Gasteiger partial charge in [0.2, 0.25) is 0 Å². The fraction of sp³-hybridized carbons (Fsp3) is 1.00. The highest BCUT2D eigenvalue weighted by atomic mass is 16.8. The zero-order valence-electron chi connectivity index (χ0n) is 60.4. The Hall–Kier alpha value is -1.40. The third-order valence-electron chi connectivity index (χ3n) is 19.3. The monoisotopic (exact) mass is 1430 g/mol. The summed E-state index contributed by atoms with van der Waals surface area (Å²) in [5, 5.41) is 0. The number of ether oxygens (including phenoxy) is 35. The van der Waals surface area contributed by atoms with Crippen molar-refractivity contribution in [3.8, 4) is 0 Å². The van der Waals surface area contributed by atoms with E-state index in [4.69, 9.17) is 166 Å². The van der Waals surface area contributed by atoms with Gasteiger partial charge in [0.05, 0.1) is 46.2 Å². The summed E-state index contributed by atoms with van der Waals surface area (Å²) in [6, 6.07) is 0. The van der Waals surface area contributed by atoms with Crippen LogP contribution in [0.15, 0.2) is 0 Å². The predicted octanol–water partition coefficient (Wildman–Crippen LogP) is -1.49. The lowest BCUT2D eigenvalue weighted by molar-refractivity contribution is -0.402. The van der Waals surface area contributed by atoms with Crippen molar-refractivity contribution in [2.45, 2.75) is 215 Å². The van der Waals surface area contributed by atoms with Gasteiger partial charge in [0.15, 0.2) is 44.0 Å². The zero-order valence-corrected chi connectivity index (χ0v) is 60.4. The molecule has 98 heavy (non-hydrogen) atoms. The van der Waals surface area contributed by atoms with Crippen LogP contribution in [0.25, 0.3) is 0 Å². The Morgan fingerprint density at radius 2 is 0.245 bits per heavy atom. The van der Waals surface area contributed by atoms with E-state index in [1.807, 2.05) is 0 Å². The molecule has 14 bridgehead atoms. The van der Waals surface area contributed by atoms with Gasteiger partial charge in [0, 0.05) is 149 Å². The Labute approximate surface area is 574 Å². The molecule has 0 saturated carbocycles. The third-order valence-corrected chi connectivity index (χ3v) is 19.3. The van der Waals surface area contributed by atoms with Crippen molar-refractivity contribution >= 4 is 0 Å². The highest BCUT2D eigenvalue weighted by Crippen LogP contribution is 2.43. The average Bonchev–Trinajstić information content (AvgIpc) is 0.775. The molecule has 0 aliphatic carbocycles. The molecule has 21 rings (SSSR count). The van der Waals surface area contributed by atoms with E-state index < -0.39 is 215 Å². The molecule has 21 saturated heterocycles. The molecule has 0 amide bonds. The molecule has 35 nitrogen and oxygen atoms in total. The Morgan fingerprint density at radius 1 is 0.143 bits per heavy atom. The topological polar surface area (TPSA) is 323 Å². The molecule has 0 aromatic heterocycles. The molecule has 21 heterocycles. The Balaban J connectivity index is 1.23. The van der Waals surface area contributed by atoms with Crippen molar-refractivity contribution in [1.82, 2.24) is 0 Å². The summed E-state index contributed by atoms with van der Waals surface area (Å²) in [7, 11) is 31.7. The molecule has 0 N–H and O–H groups in total. The molecule has 574 valence electrons. The van der Waals surface area contributed by atoms with Crippen molar-refractivity contribution in [1.29, 1.82) is 0 Å². The molecule has 0 unspecified atom stereocenters. The van der Waals surface area contributed by atoms with Crippen molar-refractivity contribution in [2.24, 2.45) is 0 Å². The average molecular weight is 1430 g/mol. The van der Waals surface area contributed by atoms with E-state index in [1.165, 1.54) is 149 Å². The Kier molecular flexibility index (Phi) is 33.9. The summed E-state index contributed by atoms with van der Waals surface area (Å²) >= 11 is 0. The number of methoxy groups -OCH3 is 21. The van der Waals surface area contributed by atoms with E-state index in [1.54, 1.807) is 0 Å². The van der Waals surface area contributed by atoms with E-state index in [0.717, 1.165) is 0 Å². The fourth-order valence-corrected chi connectivity index (χ4v) is 14.9. The van der Waals surface area contributed by atoms with Gasteiger partial charge in [-0.15, -0.1) is 0 Å². The maximum atomic E-state index is 7.03. The normalized spacial score (nSPS) is 46.1. The molecule has 35 heteroatoms. The van der Waals surface area contributed by atoms with Crippen LogP contribution in [0.3, 0.4) is 0 Å².